The maximum atomic E-state index is 13.0. The average Bonchev–Trinajstić information content (AvgIpc) is 2.93. The number of hydrogen-bond acceptors (Lipinski definition) is 2. The van der Waals surface area contributed by atoms with Crippen LogP contribution in [0.4, 0.5) is 0 Å². The van der Waals surface area contributed by atoms with Crippen molar-refractivity contribution in [1.82, 2.24) is 10.2 Å². The number of nitrogens with zero attached hydrogens (tertiary/aromatic N) is 1. The number of hydrogen-bond donors (Lipinski definition) is 1. The quantitative estimate of drug-likeness (QED) is 0.734. The van der Waals surface area contributed by atoms with Crippen molar-refractivity contribution in [1.29, 1.82) is 0 Å². The number of unbranched alkanes of at least 4 members (excludes halogenated alkanes) is 3. The molecule has 1 aliphatic carbocycles. The molecule has 0 aromatic carbocycles. The molecule has 1 heterocycles. The van der Waals surface area contributed by atoms with Crippen molar-refractivity contribution in [2.45, 2.75) is 89.6 Å². The van der Waals surface area contributed by atoms with Crippen molar-refractivity contribution in [3.05, 3.63) is 0 Å². The number of rotatable bonds is 7. The third kappa shape index (κ3) is 3.41. The molecule has 21 heavy (non-hydrogen) atoms. The predicted molar refractivity (Wildman–Crippen MR) is 83.9 cm³/mol. The Kier molecular flexibility index (Phi) is 5.65. The Labute approximate surface area is 128 Å². The zero-order valence-corrected chi connectivity index (χ0v) is 13.6. The molecule has 1 saturated carbocycles. The van der Waals surface area contributed by atoms with Crippen molar-refractivity contribution in [2.75, 3.05) is 6.54 Å². The summed E-state index contributed by atoms with van der Waals surface area (Å²) in [5.41, 5.74) is -0.563. The van der Waals surface area contributed by atoms with Crippen LogP contribution in [0.15, 0.2) is 0 Å². The summed E-state index contributed by atoms with van der Waals surface area (Å²) in [4.78, 5) is 27.3. The van der Waals surface area contributed by atoms with Gasteiger partial charge >= 0.3 is 0 Å². The van der Waals surface area contributed by atoms with Gasteiger partial charge in [-0.3, -0.25) is 9.59 Å². The van der Waals surface area contributed by atoms with E-state index in [0.717, 1.165) is 57.9 Å². The number of amides is 2. The summed E-state index contributed by atoms with van der Waals surface area (Å²) < 4.78 is 0. The molecule has 1 unspecified atom stereocenters. The summed E-state index contributed by atoms with van der Waals surface area (Å²) in [6.45, 7) is 5.01. The number of nitrogens with one attached hydrogen (secondary N) is 1. The van der Waals surface area contributed by atoms with E-state index in [1.165, 1.54) is 12.8 Å². The largest absolute Gasteiger partial charge is 0.340 e. The van der Waals surface area contributed by atoms with Gasteiger partial charge in [0.05, 0.1) is 0 Å². The number of piperazine rings is 1. The molecule has 4 nitrogen and oxygen atoms in total. The van der Waals surface area contributed by atoms with Gasteiger partial charge in [-0.1, -0.05) is 52.4 Å². The highest BCUT2D eigenvalue weighted by Gasteiger charge is 2.51. The van der Waals surface area contributed by atoms with Crippen LogP contribution in [0.3, 0.4) is 0 Å². The van der Waals surface area contributed by atoms with Crippen LogP contribution >= 0.6 is 0 Å². The fourth-order valence-corrected chi connectivity index (χ4v) is 3.77. The van der Waals surface area contributed by atoms with E-state index in [-0.39, 0.29) is 17.9 Å². The third-order valence-corrected chi connectivity index (χ3v) is 4.98. The number of carbonyl (C=O) groups excluding carboxylic acids is 2. The zero-order chi connectivity index (χ0) is 15.3. The first kappa shape index (κ1) is 16.3. The van der Waals surface area contributed by atoms with E-state index >= 15 is 0 Å². The van der Waals surface area contributed by atoms with Crippen LogP contribution in [0, 0.1) is 0 Å². The summed E-state index contributed by atoms with van der Waals surface area (Å²) in [7, 11) is 0. The molecular weight excluding hydrogens is 264 g/mol. The average molecular weight is 294 g/mol. The van der Waals surface area contributed by atoms with E-state index in [1.54, 1.807) is 0 Å². The lowest BCUT2D eigenvalue weighted by molar-refractivity contribution is -0.155. The first-order chi connectivity index (χ1) is 10.1. The molecule has 2 fully saturated rings. The van der Waals surface area contributed by atoms with Crippen LogP contribution in [-0.4, -0.2) is 34.8 Å². The summed E-state index contributed by atoms with van der Waals surface area (Å²) in [5.74, 6) is 0.267. The molecule has 2 aliphatic rings. The standard InChI is InChI=1S/C17H30N2O2/c1-3-5-6-9-13-19-14(10-4-2)15(20)18-17(16(19)21)11-7-8-12-17/h14H,3-13H2,1-2H3,(H,18,20). The van der Waals surface area contributed by atoms with Crippen molar-refractivity contribution in [3.8, 4) is 0 Å². The van der Waals surface area contributed by atoms with Crippen LogP contribution < -0.4 is 5.32 Å². The van der Waals surface area contributed by atoms with Crippen molar-refractivity contribution >= 4 is 11.8 Å². The summed E-state index contributed by atoms with van der Waals surface area (Å²) in [6.07, 6.45) is 10.0. The van der Waals surface area contributed by atoms with E-state index in [1.807, 2.05) is 4.90 Å². The van der Waals surface area contributed by atoms with Crippen LogP contribution in [0.5, 0.6) is 0 Å². The van der Waals surface area contributed by atoms with Crippen LogP contribution in [0.1, 0.15) is 78.1 Å². The van der Waals surface area contributed by atoms with Gasteiger partial charge in [-0.2, -0.15) is 0 Å². The van der Waals surface area contributed by atoms with Crippen LogP contribution in [0.25, 0.3) is 0 Å². The molecule has 1 atom stereocenters. The van der Waals surface area contributed by atoms with E-state index < -0.39 is 5.54 Å². The van der Waals surface area contributed by atoms with Gasteiger partial charge < -0.3 is 10.2 Å². The van der Waals surface area contributed by atoms with Crippen LogP contribution in [0.2, 0.25) is 0 Å². The van der Waals surface area contributed by atoms with Gasteiger partial charge in [0.15, 0.2) is 0 Å². The Morgan fingerprint density at radius 2 is 1.81 bits per heavy atom. The van der Waals surface area contributed by atoms with Gasteiger partial charge in [0.1, 0.15) is 11.6 Å². The highest BCUT2D eigenvalue weighted by molar-refractivity contribution is 6.00. The Morgan fingerprint density at radius 1 is 1.10 bits per heavy atom. The Balaban J connectivity index is 2.08. The monoisotopic (exact) mass is 294 g/mol. The highest BCUT2D eigenvalue weighted by Crippen LogP contribution is 2.35. The van der Waals surface area contributed by atoms with E-state index in [9.17, 15) is 9.59 Å². The molecule has 0 bridgehead atoms. The zero-order valence-electron chi connectivity index (χ0n) is 13.6. The van der Waals surface area contributed by atoms with Gasteiger partial charge in [-0.25, -0.2) is 0 Å². The first-order valence-corrected chi connectivity index (χ1v) is 8.77. The van der Waals surface area contributed by atoms with Gasteiger partial charge in [0, 0.05) is 6.54 Å². The predicted octanol–water partition coefficient (Wildman–Crippen LogP) is 3.01. The van der Waals surface area contributed by atoms with Gasteiger partial charge in [-0.05, 0) is 25.7 Å². The second-order valence-corrected chi connectivity index (χ2v) is 6.64. The van der Waals surface area contributed by atoms with Crippen molar-refractivity contribution in [2.24, 2.45) is 0 Å². The molecule has 2 amide bonds. The molecular formula is C17H30N2O2. The number of carbonyl (C=O) groups is 2. The molecule has 4 heteroatoms. The molecule has 1 N–H and O–H groups in total. The molecule has 1 aliphatic heterocycles. The van der Waals surface area contributed by atoms with E-state index in [2.05, 4.69) is 19.2 Å². The molecule has 120 valence electrons. The maximum absolute atomic E-state index is 13.0. The smallest absolute Gasteiger partial charge is 0.249 e. The lowest BCUT2D eigenvalue weighted by Gasteiger charge is -2.44. The van der Waals surface area contributed by atoms with Gasteiger partial charge in [0.25, 0.3) is 0 Å². The maximum Gasteiger partial charge on any atom is 0.249 e. The SMILES string of the molecule is CCCCCCN1C(=O)C2(CCCC2)NC(=O)C1CCC. The van der Waals surface area contributed by atoms with Gasteiger partial charge in [-0.15, -0.1) is 0 Å². The second-order valence-electron chi connectivity index (χ2n) is 6.64. The molecule has 1 spiro atoms. The second kappa shape index (κ2) is 7.28. The Hall–Kier alpha value is -1.06. The summed E-state index contributed by atoms with van der Waals surface area (Å²) in [6, 6.07) is -0.240. The summed E-state index contributed by atoms with van der Waals surface area (Å²) >= 11 is 0. The Bertz CT molecular complexity index is 375. The van der Waals surface area contributed by atoms with Crippen molar-refractivity contribution < 1.29 is 9.59 Å². The van der Waals surface area contributed by atoms with E-state index in [4.69, 9.17) is 0 Å². The molecule has 2 rings (SSSR count). The minimum Gasteiger partial charge on any atom is -0.340 e. The fourth-order valence-electron chi connectivity index (χ4n) is 3.77. The molecule has 1 saturated heterocycles. The summed E-state index contributed by atoms with van der Waals surface area (Å²) in [5, 5.41) is 3.08. The lowest BCUT2D eigenvalue weighted by atomic mass is 9.89. The third-order valence-electron chi connectivity index (χ3n) is 4.98. The lowest BCUT2D eigenvalue weighted by Crippen LogP contribution is -2.69. The fraction of sp³-hybridized carbons (Fsp3) is 0.882. The minimum absolute atomic E-state index is 0.0776. The van der Waals surface area contributed by atoms with Gasteiger partial charge in [0.2, 0.25) is 11.8 Å². The van der Waals surface area contributed by atoms with E-state index in [0.29, 0.717) is 0 Å². The van der Waals surface area contributed by atoms with Crippen LogP contribution in [-0.2, 0) is 9.59 Å². The normalized spacial score (nSPS) is 24.7. The molecule has 0 aromatic rings. The minimum atomic E-state index is -0.563. The first-order valence-electron chi connectivity index (χ1n) is 8.77. The Morgan fingerprint density at radius 3 is 2.43 bits per heavy atom. The topological polar surface area (TPSA) is 49.4 Å². The highest BCUT2D eigenvalue weighted by atomic mass is 16.2. The molecule has 0 aromatic heterocycles. The van der Waals surface area contributed by atoms with Crippen molar-refractivity contribution in [3.63, 3.8) is 0 Å². The molecule has 0 radical (unpaired) electrons.